The number of halogens is 1. The Bertz CT molecular complexity index is 746. The Kier molecular flexibility index (Phi) is 2.01. The van der Waals surface area contributed by atoms with Crippen LogP contribution in [0.2, 0.25) is 0 Å². The summed E-state index contributed by atoms with van der Waals surface area (Å²) >= 11 is 0. The summed E-state index contributed by atoms with van der Waals surface area (Å²) < 4.78 is 14.9. The molecule has 0 unspecified atom stereocenters. The molecule has 0 aliphatic rings. The third kappa shape index (κ3) is 1.42. The molecular weight excluding hydrogens is 223 g/mol. The molecule has 5 nitrogen and oxygen atoms in total. The quantitative estimate of drug-likeness (QED) is 0.684. The van der Waals surface area contributed by atoms with E-state index in [2.05, 4.69) is 15.0 Å². The van der Waals surface area contributed by atoms with Gasteiger partial charge in [0.2, 0.25) is 0 Å². The normalized spacial score (nSPS) is 10.9. The van der Waals surface area contributed by atoms with Gasteiger partial charge in [-0.15, -0.1) is 0 Å². The van der Waals surface area contributed by atoms with Crippen molar-refractivity contribution in [1.29, 1.82) is 0 Å². The third-order valence-electron chi connectivity index (χ3n) is 2.48. The van der Waals surface area contributed by atoms with Crippen molar-refractivity contribution in [3.63, 3.8) is 0 Å². The summed E-state index contributed by atoms with van der Waals surface area (Å²) in [6.07, 6.45) is 5.57. The molecule has 0 amide bonds. The van der Waals surface area contributed by atoms with Crippen LogP contribution in [0.3, 0.4) is 0 Å². The fourth-order valence-corrected chi connectivity index (χ4v) is 1.75. The molecule has 0 saturated carbocycles. The highest BCUT2D eigenvalue weighted by molar-refractivity contribution is 5.75. The molecule has 3 rings (SSSR count). The fraction of sp³-hybridized carbons (Fsp3) is 0. The lowest BCUT2D eigenvalue weighted by Crippen LogP contribution is -2.15. The van der Waals surface area contributed by atoms with Gasteiger partial charge in [0, 0.05) is 12.4 Å². The van der Waals surface area contributed by atoms with Crippen LogP contribution in [0.15, 0.2) is 41.7 Å². The van der Waals surface area contributed by atoms with Crippen molar-refractivity contribution in [2.45, 2.75) is 0 Å². The van der Waals surface area contributed by atoms with E-state index in [1.807, 2.05) is 0 Å². The fourth-order valence-electron chi connectivity index (χ4n) is 1.75. The number of nitrogens with one attached hydrogen (secondary N) is 1. The van der Waals surface area contributed by atoms with Gasteiger partial charge in [-0.25, -0.2) is 9.18 Å². The van der Waals surface area contributed by atoms with Crippen LogP contribution in [-0.4, -0.2) is 19.5 Å². The third-order valence-corrected chi connectivity index (χ3v) is 2.48. The first-order valence-corrected chi connectivity index (χ1v) is 4.92. The Hall–Kier alpha value is -2.50. The number of fused-ring (bicyclic) bond motifs is 1. The summed E-state index contributed by atoms with van der Waals surface area (Å²) in [5.74, 6) is -0.549. The van der Waals surface area contributed by atoms with Crippen LogP contribution in [0.25, 0.3) is 16.7 Å². The van der Waals surface area contributed by atoms with Crippen LogP contribution in [-0.2, 0) is 0 Å². The number of imidazole rings is 1. The molecule has 3 aromatic heterocycles. The number of hydrogen-bond acceptors (Lipinski definition) is 3. The van der Waals surface area contributed by atoms with E-state index in [9.17, 15) is 9.18 Å². The van der Waals surface area contributed by atoms with Gasteiger partial charge in [0.25, 0.3) is 0 Å². The second-order valence-electron chi connectivity index (χ2n) is 3.49. The number of nitrogens with zero attached hydrogens (tertiary/aromatic N) is 3. The maximum absolute atomic E-state index is 13.6. The van der Waals surface area contributed by atoms with Crippen molar-refractivity contribution >= 4 is 11.0 Å². The molecule has 0 bridgehead atoms. The second-order valence-corrected chi connectivity index (χ2v) is 3.49. The molecule has 0 aliphatic heterocycles. The van der Waals surface area contributed by atoms with Crippen LogP contribution >= 0.6 is 0 Å². The largest absolute Gasteiger partial charge is 0.331 e. The van der Waals surface area contributed by atoms with E-state index < -0.39 is 11.5 Å². The molecule has 0 radical (unpaired) electrons. The van der Waals surface area contributed by atoms with E-state index in [1.54, 1.807) is 12.3 Å². The topological polar surface area (TPSA) is 63.6 Å². The lowest BCUT2D eigenvalue weighted by atomic mass is 10.3. The zero-order chi connectivity index (χ0) is 11.8. The molecule has 6 heteroatoms. The van der Waals surface area contributed by atoms with Crippen molar-refractivity contribution in [3.8, 4) is 5.69 Å². The predicted octanol–water partition coefficient (Wildman–Crippen LogP) is 1.25. The number of H-pyrrole nitrogens is 1. The van der Waals surface area contributed by atoms with Crippen LogP contribution in [0.4, 0.5) is 4.39 Å². The predicted molar refractivity (Wildman–Crippen MR) is 59.4 cm³/mol. The second kappa shape index (κ2) is 3.51. The average Bonchev–Trinajstić information content (AvgIpc) is 2.66. The van der Waals surface area contributed by atoms with Gasteiger partial charge < -0.3 is 4.98 Å². The summed E-state index contributed by atoms with van der Waals surface area (Å²) in [7, 11) is 0. The van der Waals surface area contributed by atoms with Crippen LogP contribution < -0.4 is 5.69 Å². The molecule has 0 fully saturated rings. The summed E-state index contributed by atoms with van der Waals surface area (Å²) in [6.45, 7) is 0. The van der Waals surface area contributed by atoms with Crippen LogP contribution in [0.5, 0.6) is 0 Å². The molecule has 0 spiro atoms. The van der Waals surface area contributed by atoms with E-state index in [0.717, 1.165) is 6.20 Å². The molecule has 0 aliphatic carbocycles. The van der Waals surface area contributed by atoms with Gasteiger partial charge in [0.1, 0.15) is 0 Å². The van der Waals surface area contributed by atoms with Crippen molar-refractivity contribution < 1.29 is 4.39 Å². The molecule has 3 aromatic rings. The average molecular weight is 230 g/mol. The SMILES string of the molecule is O=c1[nH]c2cnccc2n1-c1ccncc1F. The number of hydrogen-bond donors (Lipinski definition) is 1. The summed E-state index contributed by atoms with van der Waals surface area (Å²) in [5, 5.41) is 0. The minimum Gasteiger partial charge on any atom is -0.304 e. The molecule has 0 atom stereocenters. The van der Waals surface area contributed by atoms with Crippen LogP contribution in [0.1, 0.15) is 0 Å². The first-order valence-electron chi connectivity index (χ1n) is 4.92. The Morgan fingerprint density at radius 3 is 2.76 bits per heavy atom. The van der Waals surface area contributed by atoms with Gasteiger partial charge in [-0.2, -0.15) is 0 Å². The maximum Gasteiger partial charge on any atom is 0.331 e. The standard InChI is InChI=1S/C11H7FN4O/c12-7-5-13-3-1-9(7)16-10-2-4-14-6-8(10)15-11(16)17/h1-6H,(H,15,17). The number of pyridine rings is 2. The smallest absolute Gasteiger partial charge is 0.304 e. The zero-order valence-corrected chi connectivity index (χ0v) is 8.59. The first-order chi connectivity index (χ1) is 8.27. The van der Waals surface area contributed by atoms with Crippen molar-refractivity contribution in [2.24, 2.45) is 0 Å². The Morgan fingerprint density at radius 1 is 1.18 bits per heavy atom. The Labute approximate surface area is 94.6 Å². The van der Waals surface area contributed by atoms with Gasteiger partial charge in [0.15, 0.2) is 5.82 Å². The minimum absolute atomic E-state index is 0.169. The first kappa shape index (κ1) is 9.71. The highest BCUT2D eigenvalue weighted by Crippen LogP contribution is 2.15. The zero-order valence-electron chi connectivity index (χ0n) is 8.59. The van der Waals surface area contributed by atoms with E-state index >= 15 is 0 Å². The van der Waals surface area contributed by atoms with E-state index in [-0.39, 0.29) is 5.69 Å². The number of rotatable bonds is 1. The Morgan fingerprint density at radius 2 is 1.94 bits per heavy atom. The van der Waals surface area contributed by atoms with E-state index in [1.165, 1.54) is 23.0 Å². The van der Waals surface area contributed by atoms with Gasteiger partial charge in [-0.05, 0) is 12.1 Å². The number of aromatic amines is 1. The molecule has 0 aromatic carbocycles. The van der Waals surface area contributed by atoms with Gasteiger partial charge in [-0.1, -0.05) is 0 Å². The highest BCUT2D eigenvalue weighted by Gasteiger charge is 2.11. The van der Waals surface area contributed by atoms with Crippen molar-refractivity contribution in [1.82, 2.24) is 19.5 Å². The number of aromatic nitrogens is 4. The monoisotopic (exact) mass is 230 g/mol. The maximum atomic E-state index is 13.6. The van der Waals surface area contributed by atoms with E-state index in [0.29, 0.717) is 11.0 Å². The summed E-state index contributed by atoms with van der Waals surface area (Å²) in [4.78, 5) is 21.9. The molecule has 17 heavy (non-hydrogen) atoms. The van der Waals surface area contributed by atoms with Crippen molar-refractivity contribution in [3.05, 3.63) is 53.2 Å². The molecule has 3 heterocycles. The molecule has 0 saturated heterocycles. The highest BCUT2D eigenvalue weighted by atomic mass is 19.1. The van der Waals surface area contributed by atoms with Gasteiger partial charge in [0.05, 0.1) is 29.1 Å². The van der Waals surface area contributed by atoms with Gasteiger partial charge >= 0.3 is 5.69 Å². The Balaban J connectivity index is 2.42. The van der Waals surface area contributed by atoms with Crippen molar-refractivity contribution in [2.75, 3.05) is 0 Å². The summed E-state index contributed by atoms with van der Waals surface area (Å²) in [6, 6.07) is 3.09. The lowest BCUT2D eigenvalue weighted by molar-refractivity contribution is 0.611. The lowest BCUT2D eigenvalue weighted by Gasteiger charge is -2.03. The van der Waals surface area contributed by atoms with Gasteiger partial charge in [-0.3, -0.25) is 14.5 Å². The molecular formula is C11H7FN4O. The molecule has 84 valence electrons. The molecule has 1 N–H and O–H groups in total. The van der Waals surface area contributed by atoms with Crippen LogP contribution in [0, 0.1) is 5.82 Å². The van der Waals surface area contributed by atoms with E-state index in [4.69, 9.17) is 0 Å². The summed E-state index contributed by atoms with van der Waals surface area (Å²) in [5.41, 5.74) is 0.907. The minimum atomic E-state index is -0.549.